The van der Waals surface area contributed by atoms with Crippen molar-refractivity contribution in [2.45, 2.75) is 12.5 Å². The van der Waals surface area contributed by atoms with Crippen LogP contribution in [0.5, 0.6) is 0 Å². The van der Waals surface area contributed by atoms with Gasteiger partial charge in [0.15, 0.2) is 0 Å². The minimum atomic E-state index is -0.517. The maximum absolute atomic E-state index is 12.2. The van der Waals surface area contributed by atoms with Gasteiger partial charge in [0.05, 0.1) is 11.5 Å². The second-order valence-corrected chi connectivity index (χ2v) is 5.33. The van der Waals surface area contributed by atoms with Crippen molar-refractivity contribution in [2.24, 2.45) is 0 Å². The summed E-state index contributed by atoms with van der Waals surface area (Å²) in [5, 5.41) is 13.6. The van der Waals surface area contributed by atoms with Gasteiger partial charge < -0.3 is 10.1 Å². The molecule has 0 bridgehead atoms. The number of nitro benzene ring substituents is 1. The number of nitro groups is 1. The molecule has 0 fully saturated rings. The van der Waals surface area contributed by atoms with Crippen LogP contribution in [0.4, 0.5) is 5.69 Å². The monoisotopic (exact) mass is 312 g/mol. The third kappa shape index (κ3) is 3.37. The first-order chi connectivity index (χ1) is 11.1. The largest absolute Gasteiger partial charge is 0.371 e. The number of hydrogen-bond acceptors (Lipinski definition) is 4. The van der Waals surface area contributed by atoms with Crippen LogP contribution in [0.2, 0.25) is 0 Å². The topological polar surface area (TPSA) is 81.5 Å². The lowest BCUT2D eigenvalue weighted by Gasteiger charge is -2.26. The molecule has 23 heavy (non-hydrogen) atoms. The van der Waals surface area contributed by atoms with Crippen LogP contribution in [0.3, 0.4) is 0 Å². The molecule has 6 nitrogen and oxygen atoms in total. The molecule has 1 aliphatic heterocycles. The Balaban J connectivity index is 1.68. The van der Waals surface area contributed by atoms with Gasteiger partial charge in [0, 0.05) is 24.2 Å². The molecule has 1 atom stereocenters. The van der Waals surface area contributed by atoms with E-state index < -0.39 is 4.92 Å². The van der Waals surface area contributed by atoms with Gasteiger partial charge in [-0.2, -0.15) is 0 Å². The van der Waals surface area contributed by atoms with Crippen molar-refractivity contribution in [2.75, 3.05) is 13.2 Å². The molecule has 1 aliphatic rings. The van der Waals surface area contributed by atoms with Crippen LogP contribution in [-0.4, -0.2) is 24.0 Å². The molecule has 2 aromatic rings. The number of rotatable bonds is 4. The lowest BCUT2D eigenvalue weighted by Crippen LogP contribution is -2.31. The Morgan fingerprint density at radius 3 is 2.91 bits per heavy atom. The zero-order chi connectivity index (χ0) is 16.2. The molecular weight excluding hydrogens is 296 g/mol. The van der Waals surface area contributed by atoms with Gasteiger partial charge in [0.1, 0.15) is 6.10 Å². The van der Waals surface area contributed by atoms with Crippen molar-refractivity contribution in [1.82, 2.24) is 5.32 Å². The number of hydrogen-bond donors (Lipinski definition) is 1. The summed E-state index contributed by atoms with van der Waals surface area (Å²) in [4.78, 5) is 22.4. The highest BCUT2D eigenvalue weighted by molar-refractivity contribution is 5.94. The highest BCUT2D eigenvalue weighted by Crippen LogP contribution is 2.26. The Morgan fingerprint density at radius 1 is 1.26 bits per heavy atom. The maximum Gasteiger partial charge on any atom is 0.270 e. The number of ether oxygens (including phenoxy) is 1. The first-order valence-electron chi connectivity index (χ1n) is 7.37. The molecule has 0 radical (unpaired) electrons. The zero-order valence-electron chi connectivity index (χ0n) is 12.4. The summed E-state index contributed by atoms with van der Waals surface area (Å²) in [6, 6.07) is 13.7. The summed E-state index contributed by atoms with van der Waals surface area (Å²) in [6.07, 6.45) is 0.675. The van der Waals surface area contributed by atoms with Crippen LogP contribution in [0, 0.1) is 10.1 Å². The van der Waals surface area contributed by atoms with Gasteiger partial charge in [-0.15, -0.1) is 0 Å². The van der Waals surface area contributed by atoms with Crippen molar-refractivity contribution < 1.29 is 14.5 Å². The highest BCUT2D eigenvalue weighted by Gasteiger charge is 2.21. The van der Waals surface area contributed by atoms with E-state index in [2.05, 4.69) is 11.4 Å². The minimum Gasteiger partial charge on any atom is -0.371 e. The fraction of sp³-hybridized carbons (Fsp3) is 0.235. The molecular formula is C17H16N2O4. The van der Waals surface area contributed by atoms with E-state index in [1.54, 1.807) is 6.07 Å². The van der Waals surface area contributed by atoms with Crippen LogP contribution in [0.1, 0.15) is 27.6 Å². The summed E-state index contributed by atoms with van der Waals surface area (Å²) in [7, 11) is 0. The molecule has 0 saturated carbocycles. The molecule has 118 valence electrons. The van der Waals surface area contributed by atoms with Crippen molar-refractivity contribution in [3.63, 3.8) is 0 Å². The average Bonchev–Trinajstić information content (AvgIpc) is 2.59. The van der Waals surface area contributed by atoms with Gasteiger partial charge in [-0.05, 0) is 23.6 Å². The van der Waals surface area contributed by atoms with Gasteiger partial charge in [0.2, 0.25) is 0 Å². The van der Waals surface area contributed by atoms with Crippen LogP contribution in [-0.2, 0) is 11.2 Å². The van der Waals surface area contributed by atoms with Crippen molar-refractivity contribution in [3.05, 3.63) is 75.3 Å². The first kappa shape index (κ1) is 15.2. The number of fused-ring (bicyclic) bond motifs is 1. The molecule has 1 N–H and O–H groups in total. The maximum atomic E-state index is 12.2. The Bertz CT molecular complexity index is 745. The highest BCUT2D eigenvalue weighted by atomic mass is 16.6. The average molecular weight is 312 g/mol. The molecule has 1 heterocycles. The van der Waals surface area contributed by atoms with Crippen LogP contribution in [0.25, 0.3) is 0 Å². The lowest BCUT2D eigenvalue weighted by molar-refractivity contribution is -0.384. The molecule has 2 aromatic carbocycles. The van der Waals surface area contributed by atoms with Crippen molar-refractivity contribution in [3.8, 4) is 0 Å². The van der Waals surface area contributed by atoms with Crippen molar-refractivity contribution in [1.29, 1.82) is 0 Å². The molecule has 6 heteroatoms. The molecule has 0 unspecified atom stereocenters. The minimum absolute atomic E-state index is 0.100. The summed E-state index contributed by atoms with van der Waals surface area (Å²) in [5.74, 6) is -0.347. The summed E-state index contributed by atoms with van der Waals surface area (Å²) >= 11 is 0. The summed E-state index contributed by atoms with van der Waals surface area (Å²) in [6.45, 7) is 0.951. The predicted molar refractivity (Wildman–Crippen MR) is 84.3 cm³/mol. The van der Waals surface area contributed by atoms with Crippen LogP contribution in [0.15, 0.2) is 48.5 Å². The van der Waals surface area contributed by atoms with E-state index in [0.29, 0.717) is 13.2 Å². The zero-order valence-corrected chi connectivity index (χ0v) is 12.4. The number of nitrogens with one attached hydrogen (secondary N) is 1. The standard InChI is InChI=1S/C17H16N2O4/c20-17(13-5-3-6-14(10-13)19(21)22)18-11-16-15-7-2-1-4-12(15)8-9-23-16/h1-7,10,16H,8-9,11H2,(H,18,20)/t16-/m1/s1. The van der Waals surface area contributed by atoms with Gasteiger partial charge in [-0.25, -0.2) is 0 Å². The summed E-state index contributed by atoms with van der Waals surface area (Å²) in [5.41, 5.74) is 2.48. The number of nitrogens with zero attached hydrogens (tertiary/aromatic N) is 1. The second-order valence-electron chi connectivity index (χ2n) is 5.33. The smallest absolute Gasteiger partial charge is 0.270 e. The Morgan fingerprint density at radius 2 is 2.09 bits per heavy atom. The predicted octanol–water partition coefficient (Wildman–Crippen LogP) is 2.64. The fourth-order valence-corrected chi connectivity index (χ4v) is 2.69. The SMILES string of the molecule is O=C(NC[C@H]1OCCc2ccccc21)c1cccc([N+](=O)[O-])c1. The van der Waals surface area contributed by atoms with Gasteiger partial charge in [0.25, 0.3) is 11.6 Å². The molecule has 0 saturated heterocycles. The number of carbonyl (C=O) groups excluding carboxylic acids is 1. The number of amides is 1. The van der Waals surface area contributed by atoms with E-state index >= 15 is 0 Å². The van der Waals surface area contributed by atoms with Crippen LogP contribution < -0.4 is 5.32 Å². The van der Waals surface area contributed by atoms with E-state index in [1.807, 2.05) is 18.2 Å². The Hall–Kier alpha value is -2.73. The van der Waals surface area contributed by atoms with Gasteiger partial charge >= 0.3 is 0 Å². The quantitative estimate of drug-likeness (QED) is 0.695. The van der Waals surface area contributed by atoms with Gasteiger partial charge in [-0.3, -0.25) is 14.9 Å². The number of benzene rings is 2. The van der Waals surface area contributed by atoms with E-state index in [4.69, 9.17) is 4.74 Å². The number of non-ortho nitro benzene ring substituents is 1. The Kier molecular flexibility index (Phi) is 4.34. The van der Waals surface area contributed by atoms with Gasteiger partial charge in [-0.1, -0.05) is 30.3 Å². The third-order valence-electron chi connectivity index (χ3n) is 3.86. The second kappa shape index (κ2) is 6.58. The fourth-order valence-electron chi connectivity index (χ4n) is 2.69. The number of carbonyl (C=O) groups is 1. The van der Waals surface area contributed by atoms with E-state index in [0.717, 1.165) is 12.0 Å². The third-order valence-corrected chi connectivity index (χ3v) is 3.86. The first-order valence-corrected chi connectivity index (χ1v) is 7.37. The normalized spacial score (nSPS) is 16.4. The molecule has 0 spiro atoms. The van der Waals surface area contributed by atoms with E-state index in [1.165, 1.54) is 23.8 Å². The van der Waals surface area contributed by atoms with Crippen molar-refractivity contribution >= 4 is 11.6 Å². The molecule has 0 aromatic heterocycles. The molecule has 0 aliphatic carbocycles. The van der Waals surface area contributed by atoms with E-state index in [9.17, 15) is 14.9 Å². The van der Waals surface area contributed by atoms with E-state index in [-0.39, 0.29) is 23.3 Å². The Labute approximate surface area is 133 Å². The lowest BCUT2D eigenvalue weighted by atomic mass is 9.97. The molecule has 1 amide bonds. The molecule has 3 rings (SSSR count). The summed E-state index contributed by atoms with van der Waals surface area (Å²) < 4.78 is 5.73. The van der Waals surface area contributed by atoms with Crippen LogP contribution >= 0.6 is 0 Å².